The van der Waals surface area contributed by atoms with Crippen molar-refractivity contribution in [2.24, 2.45) is 5.41 Å². The van der Waals surface area contributed by atoms with Crippen LogP contribution >= 0.6 is 0 Å². The van der Waals surface area contributed by atoms with Gasteiger partial charge in [-0.1, -0.05) is 32.0 Å². The Morgan fingerprint density at radius 1 is 1.21 bits per heavy atom. The van der Waals surface area contributed by atoms with E-state index in [0.717, 1.165) is 12.8 Å². The van der Waals surface area contributed by atoms with Crippen LogP contribution in [0.1, 0.15) is 37.2 Å². The lowest BCUT2D eigenvalue weighted by Gasteiger charge is -2.21. The largest absolute Gasteiger partial charge is 0.457 e. The lowest BCUT2D eigenvalue weighted by atomic mass is 9.89. The molecule has 0 saturated heterocycles. The standard InChI is InChI=1S/C19H24N2O3/c1-19(2,14-22)10-6-11-21-18(23)17-13-16(9-12-20-17)24-15-7-4-3-5-8-15/h3-5,7-9,12-13,22H,6,10-11,14H2,1-2H3,(H,21,23). The van der Waals surface area contributed by atoms with Gasteiger partial charge in [0.25, 0.3) is 5.91 Å². The number of hydrogen-bond acceptors (Lipinski definition) is 4. The molecule has 0 bridgehead atoms. The van der Waals surface area contributed by atoms with Gasteiger partial charge in [-0.25, -0.2) is 0 Å². The Bertz CT molecular complexity index is 657. The Morgan fingerprint density at radius 3 is 2.67 bits per heavy atom. The second-order valence-corrected chi connectivity index (χ2v) is 6.47. The maximum absolute atomic E-state index is 12.2. The molecule has 2 aromatic rings. The first-order chi connectivity index (χ1) is 11.5. The molecule has 0 atom stereocenters. The van der Waals surface area contributed by atoms with E-state index in [1.165, 1.54) is 0 Å². The van der Waals surface area contributed by atoms with E-state index in [2.05, 4.69) is 10.3 Å². The van der Waals surface area contributed by atoms with E-state index < -0.39 is 0 Å². The SMILES string of the molecule is CC(C)(CO)CCCNC(=O)c1cc(Oc2ccccc2)ccn1. The van der Waals surface area contributed by atoms with Crippen LogP contribution in [0.3, 0.4) is 0 Å². The Morgan fingerprint density at radius 2 is 1.96 bits per heavy atom. The number of carbonyl (C=O) groups is 1. The maximum atomic E-state index is 12.2. The van der Waals surface area contributed by atoms with E-state index in [9.17, 15) is 9.90 Å². The highest BCUT2D eigenvalue weighted by molar-refractivity contribution is 5.92. The number of para-hydroxylation sites is 1. The smallest absolute Gasteiger partial charge is 0.270 e. The zero-order valence-electron chi connectivity index (χ0n) is 14.2. The van der Waals surface area contributed by atoms with Gasteiger partial charge in [0.1, 0.15) is 17.2 Å². The minimum absolute atomic E-state index is 0.119. The number of benzene rings is 1. The highest BCUT2D eigenvalue weighted by Crippen LogP contribution is 2.21. The van der Waals surface area contributed by atoms with Crippen LogP contribution in [0, 0.1) is 5.41 Å². The number of rotatable bonds is 8. The molecular weight excluding hydrogens is 304 g/mol. The van der Waals surface area contributed by atoms with Crippen molar-refractivity contribution in [3.63, 3.8) is 0 Å². The maximum Gasteiger partial charge on any atom is 0.270 e. The summed E-state index contributed by atoms with van der Waals surface area (Å²) < 4.78 is 5.71. The second kappa shape index (κ2) is 8.45. The topological polar surface area (TPSA) is 71.5 Å². The average molecular weight is 328 g/mol. The number of amides is 1. The number of nitrogens with one attached hydrogen (secondary N) is 1. The second-order valence-electron chi connectivity index (χ2n) is 6.47. The van der Waals surface area contributed by atoms with E-state index in [1.54, 1.807) is 18.3 Å². The number of aliphatic hydroxyl groups is 1. The van der Waals surface area contributed by atoms with Crippen LogP contribution in [0.2, 0.25) is 0 Å². The third-order valence-electron chi connectivity index (χ3n) is 3.69. The van der Waals surface area contributed by atoms with Gasteiger partial charge < -0.3 is 15.2 Å². The van der Waals surface area contributed by atoms with Crippen LogP contribution in [0.5, 0.6) is 11.5 Å². The quantitative estimate of drug-likeness (QED) is 0.729. The summed E-state index contributed by atoms with van der Waals surface area (Å²) in [7, 11) is 0. The fourth-order valence-corrected chi connectivity index (χ4v) is 2.16. The van der Waals surface area contributed by atoms with E-state index in [4.69, 9.17) is 4.74 Å². The molecule has 128 valence electrons. The van der Waals surface area contributed by atoms with Crippen LogP contribution < -0.4 is 10.1 Å². The van der Waals surface area contributed by atoms with Gasteiger partial charge in [-0.05, 0) is 36.5 Å². The monoisotopic (exact) mass is 328 g/mol. The van der Waals surface area contributed by atoms with Crippen molar-refractivity contribution in [2.45, 2.75) is 26.7 Å². The fourth-order valence-electron chi connectivity index (χ4n) is 2.16. The number of hydrogen-bond donors (Lipinski definition) is 2. The van der Waals surface area contributed by atoms with Crippen LogP contribution in [0.25, 0.3) is 0 Å². The lowest BCUT2D eigenvalue weighted by Crippen LogP contribution is -2.27. The van der Waals surface area contributed by atoms with Crippen LogP contribution in [0.15, 0.2) is 48.7 Å². The van der Waals surface area contributed by atoms with E-state index >= 15 is 0 Å². The van der Waals surface area contributed by atoms with Crippen LogP contribution in [-0.2, 0) is 0 Å². The Kier molecular flexibility index (Phi) is 6.32. The summed E-state index contributed by atoms with van der Waals surface area (Å²) in [6.45, 7) is 4.69. The first-order valence-corrected chi connectivity index (χ1v) is 8.08. The van der Waals surface area contributed by atoms with Gasteiger partial charge >= 0.3 is 0 Å². The van der Waals surface area contributed by atoms with Gasteiger partial charge in [0.05, 0.1) is 0 Å². The van der Waals surface area contributed by atoms with Gasteiger partial charge in [-0.15, -0.1) is 0 Å². The van der Waals surface area contributed by atoms with Gasteiger partial charge in [0.2, 0.25) is 0 Å². The molecule has 5 heteroatoms. The van der Waals surface area contributed by atoms with Crippen LogP contribution in [-0.4, -0.2) is 29.1 Å². The van der Waals surface area contributed by atoms with E-state index in [0.29, 0.717) is 23.7 Å². The molecule has 1 amide bonds. The summed E-state index contributed by atoms with van der Waals surface area (Å²) in [5.41, 5.74) is 0.205. The molecule has 2 rings (SSSR count). The minimum atomic E-state index is -0.227. The molecule has 0 radical (unpaired) electrons. The van der Waals surface area contributed by atoms with E-state index in [-0.39, 0.29) is 17.9 Å². The molecule has 0 spiro atoms. The molecule has 1 heterocycles. The first-order valence-electron chi connectivity index (χ1n) is 8.08. The van der Waals surface area contributed by atoms with Crippen molar-refractivity contribution in [1.82, 2.24) is 10.3 Å². The van der Waals surface area contributed by atoms with Gasteiger partial charge in [-0.3, -0.25) is 9.78 Å². The predicted octanol–water partition coefficient (Wildman–Crippen LogP) is 3.40. The molecule has 0 fully saturated rings. The molecule has 5 nitrogen and oxygen atoms in total. The number of pyridine rings is 1. The summed E-state index contributed by atoms with van der Waals surface area (Å²) in [5.74, 6) is 1.05. The number of ether oxygens (including phenoxy) is 1. The van der Waals surface area contributed by atoms with Gasteiger partial charge in [0, 0.05) is 25.4 Å². The van der Waals surface area contributed by atoms with Crippen molar-refractivity contribution >= 4 is 5.91 Å². The van der Waals surface area contributed by atoms with Crippen molar-refractivity contribution in [1.29, 1.82) is 0 Å². The third-order valence-corrected chi connectivity index (χ3v) is 3.69. The highest BCUT2D eigenvalue weighted by Gasteiger charge is 2.16. The Hall–Kier alpha value is -2.40. The summed E-state index contributed by atoms with van der Waals surface area (Å²) in [4.78, 5) is 16.3. The average Bonchev–Trinajstić information content (AvgIpc) is 2.60. The fraction of sp³-hybridized carbons (Fsp3) is 0.368. The Balaban J connectivity index is 1.87. The normalized spacial score (nSPS) is 11.1. The number of aliphatic hydroxyl groups excluding tert-OH is 1. The molecule has 0 saturated carbocycles. The summed E-state index contributed by atoms with van der Waals surface area (Å²) >= 11 is 0. The molecule has 0 unspecified atom stereocenters. The molecule has 1 aromatic heterocycles. The number of nitrogens with zero attached hydrogens (tertiary/aromatic N) is 1. The molecule has 0 aliphatic heterocycles. The molecular formula is C19H24N2O3. The zero-order chi connectivity index (χ0) is 17.4. The van der Waals surface area contributed by atoms with Gasteiger partial charge in [-0.2, -0.15) is 0 Å². The zero-order valence-corrected chi connectivity index (χ0v) is 14.2. The minimum Gasteiger partial charge on any atom is -0.457 e. The lowest BCUT2D eigenvalue weighted by molar-refractivity contribution is 0.0943. The molecule has 1 aromatic carbocycles. The van der Waals surface area contributed by atoms with Crippen molar-refractivity contribution in [3.05, 3.63) is 54.4 Å². The molecule has 24 heavy (non-hydrogen) atoms. The Labute approximate surface area is 142 Å². The molecule has 0 aliphatic rings. The van der Waals surface area contributed by atoms with Crippen molar-refractivity contribution in [2.75, 3.05) is 13.2 Å². The summed E-state index contributed by atoms with van der Waals surface area (Å²) in [6, 6.07) is 12.7. The predicted molar refractivity (Wildman–Crippen MR) is 93.2 cm³/mol. The van der Waals surface area contributed by atoms with Crippen molar-refractivity contribution in [3.8, 4) is 11.5 Å². The third kappa shape index (κ3) is 5.66. The number of carbonyl (C=O) groups excluding carboxylic acids is 1. The highest BCUT2D eigenvalue weighted by atomic mass is 16.5. The molecule has 0 aliphatic carbocycles. The van der Waals surface area contributed by atoms with E-state index in [1.807, 2.05) is 44.2 Å². The summed E-state index contributed by atoms with van der Waals surface area (Å²) in [5, 5.41) is 12.1. The summed E-state index contributed by atoms with van der Waals surface area (Å²) in [6.07, 6.45) is 3.20. The number of aromatic nitrogens is 1. The van der Waals surface area contributed by atoms with Crippen LogP contribution in [0.4, 0.5) is 0 Å². The first kappa shape index (κ1) is 17.9. The molecule has 2 N–H and O–H groups in total. The van der Waals surface area contributed by atoms with Crippen molar-refractivity contribution < 1.29 is 14.6 Å². The van der Waals surface area contributed by atoms with Gasteiger partial charge in [0.15, 0.2) is 0 Å².